The van der Waals surface area contributed by atoms with Crippen molar-refractivity contribution in [2.24, 2.45) is 0 Å². The van der Waals surface area contributed by atoms with Crippen molar-refractivity contribution >= 4 is 37.8 Å². The van der Waals surface area contributed by atoms with E-state index in [0.717, 1.165) is 22.2 Å². The maximum Gasteiger partial charge on any atom is 0.170 e. The molecular weight excluding hydrogens is 398 g/mol. The Hall–Kier alpha value is -2.78. The molecule has 0 saturated carbocycles. The van der Waals surface area contributed by atoms with Gasteiger partial charge >= 0.3 is 0 Å². The first-order valence-corrected chi connectivity index (χ1v) is 11.7. The zero-order valence-corrected chi connectivity index (χ0v) is 20.2. The molecule has 5 rings (SSSR count). The van der Waals surface area contributed by atoms with E-state index in [1.807, 2.05) is 11.3 Å². The normalized spacial score (nSPS) is 13.2. The van der Waals surface area contributed by atoms with Crippen molar-refractivity contribution in [1.82, 2.24) is 0 Å². The van der Waals surface area contributed by atoms with E-state index in [0.29, 0.717) is 0 Å². The van der Waals surface area contributed by atoms with Gasteiger partial charge in [-0.2, -0.15) is 0 Å². The Bertz CT molecular complexity index is 1320. The van der Waals surface area contributed by atoms with E-state index in [9.17, 15) is 0 Å². The summed E-state index contributed by atoms with van der Waals surface area (Å²) in [5.41, 5.74) is 8.91. The maximum atomic E-state index is 6.53. The van der Waals surface area contributed by atoms with E-state index < -0.39 is 0 Å². The van der Waals surface area contributed by atoms with Crippen LogP contribution in [-0.2, 0) is 5.41 Å². The van der Waals surface area contributed by atoms with E-state index in [-0.39, 0.29) is 5.41 Å². The molecule has 1 aliphatic rings. The summed E-state index contributed by atoms with van der Waals surface area (Å²) in [6.07, 6.45) is 0. The number of benzene rings is 3. The second-order valence-corrected chi connectivity index (χ2v) is 10.9. The Labute approximate surface area is 189 Å². The number of nitrogens with zero attached hydrogens (tertiary/aromatic N) is 1. The number of rotatable bonds is 1. The van der Waals surface area contributed by atoms with E-state index in [4.69, 9.17) is 4.74 Å². The first-order chi connectivity index (χ1) is 14.6. The van der Waals surface area contributed by atoms with Gasteiger partial charge in [0.25, 0.3) is 0 Å². The Morgan fingerprint density at radius 2 is 1.45 bits per heavy atom. The summed E-state index contributed by atoms with van der Waals surface area (Å²) in [5, 5.41) is 2.34. The van der Waals surface area contributed by atoms with Gasteiger partial charge in [0.1, 0.15) is 5.00 Å². The van der Waals surface area contributed by atoms with E-state index in [1.165, 1.54) is 43.6 Å². The topological polar surface area (TPSA) is 12.5 Å². The molecule has 2 heterocycles. The van der Waals surface area contributed by atoms with Gasteiger partial charge in [-0.1, -0.05) is 45.0 Å². The average molecular weight is 428 g/mol. The Morgan fingerprint density at radius 3 is 2.13 bits per heavy atom. The number of ether oxygens (including phenoxy) is 1. The van der Waals surface area contributed by atoms with Crippen molar-refractivity contribution in [3.8, 4) is 11.5 Å². The van der Waals surface area contributed by atoms with Crippen molar-refractivity contribution in [3.63, 3.8) is 0 Å². The highest BCUT2D eigenvalue weighted by Crippen LogP contribution is 2.58. The van der Waals surface area contributed by atoms with Gasteiger partial charge < -0.3 is 4.74 Å². The molecule has 3 aromatic carbocycles. The predicted octanol–water partition coefficient (Wildman–Crippen LogP) is 9.01. The number of fused-ring (bicyclic) bond motifs is 4. The first kappa shape index (κ1) is 20.1. The number of anilines is 3. The summed E-state index contributed by atoms with van der Waals surface area (Å²) in [6, 6.07) is 17.8. The summed E-state index contributed by atoms with van der Waals surface area (Å²) in [6.45, 7) is 15.6. The number of hydrogen-bond acceptors (Lipinski definition) is 3. The molecule has 0 unspecified atom stereocenters. The highest BCUT2D eigenvalue weighted by molar-refractivity contribution is 7.23. The van der Waals surface area contributed by atoms with Crippen LogP contribution in [0, 0.1) is 27.7 Å². The highest BCUT2D eigenvalue weighted by Gasteiger charge is 2.32. The van der Waals surface area contributed by atoms with Crippen molar-refractivity contribution in [2.45, 2.75) is 53.9 Å². The minimum atomic E-state index is 0.119. The lowest BCUT2D eigenvalue weighted by Gasteiger charge is -2.34. The van der Waals surface area contributed by atoms with Crippen molar-refractivity contribution in [2.75, 3.05) is 4.90 Å². The van der Waals surface area contributed by atoms with Crippen LogP contribution in [0.1, 0.15) is 48.6 Å². The van der Waals surface area contributed by atoms with Gasteiger partial charge in [-0.25, -0.2) is 0 Å². The molecule has 3 heteroatoms. The van der Waals surface area contributed by atoms with Crippen LogP contribution in [0.4, 0.5) is 16.4 Å². The minimum absolute atomic E-state index is 0.119. The molecule has 0 spiro atoms. The van der Waals surface area contributed by atoms with Crippen molar-refractivity contribution in [3.05, 3.63) is 76.3 Å². The van der Waals surface area contributed by atoms with Crippen molar-refractivity contribution in [1.29, 1.82) is 0 Å². The zero-order valence-electron chi connectivity index (χ0n) is 19.4. The second kappa shape index (κ2) is 6.86. The zero-order chi connectivity index (χ0) is 22.1. The molecule has 1 aliphatic heterocycles. The van der Waals surface area contributed by atoms with E-state index >= 15 is 0 Å². The SMILES string of the molecule is Cc1ccc2c(c1)Oc1c(sc3cc(C)ccc13)N2c1c(C)cc(C(C)(C)C)cc1C. The van der Waals surface area contributed by atoms with Gasteiger partial charge in [0.05, 0.1) is 11.4 Å². The Morgan fingerprint density at radius 1 is 0.806 bits per heavy atom. The molecule has 0 fully saturated rings. The van der Waals surface area contributed by atoms with Gasteiger partial charge in [0, 0.05) is 10.1 Å². The quantitative estimate of drug-likeness (QED) is 0.264. The van der Waals surface area contributed by atoms with Crippen LogP contribution in [0.2, 0.25) is 0 Å². The van der Waals surface area contributed by atoms with Crippen LogP contribution in [-0.4, -0.2) is 0 Å². The van der Waals surface area contributed by atoms with Crippen LogP contribution in [0.3, 0.4) is 0 Å². The smallest absolute Gasteiger partial charge is 0.170 e. The predicted molar refractivity (Wildman–Crippen MR) is 134 cm³/mol. The summed E-state index contributed by atoms with van der Waals surface area (Å²) >= 11 is 1.81. The minimum Gasteiger partial charge on any atom is -0.451 e. The fraction of sp³-hybridized carbons (Fsp3) is 0.286. The summed E-state index contributed by atoms with van der Waals surface area (Å²) in [4.78, 5) is 2.42. The van der Waals surface area contributed by atoms with E-state index in [2.05, 4.69) is 102 Å². The largest absolute Gasteiger partial charge is 0.451 e. The second-order valence-electron chi connectivity index (χ2n) is 9.85. The third-order valence-corrected chi connectivity index (χ3v) is 7.25. The molecule has 1 aromatic heterocycles. The van der Waals surface area contributed by atoms with Gasteiger partial charge in [-0.15, -0.1) is 11.3 Å². The lowest BCUT2D eigenvalue weighted by Crippen LogP contribution is -2.18. The van der Waals surface area contributed by atoms with Crippen LogP contribution in [0.5, 0.6) is 11.5 Å². The van der Waals surface area contributed by atoms with Gasteiger partial charge in [0.15, 0.2) is 11.5 Å². The molecule has 0 atom stereocenters. The molecular formula is C28H29NOS. The molecule has 0 bridgehead atoms. The third-order valence-electron chi connectivity index (χ3n) is 6.13. The highest BCUT2D eigenvalue weighted by atomic mass is 32.1. The average Bonchev–Trinajstić information content (AvgIpc) is 3.03. The molecule has 4 aromatic rings. The molecule has 0 amide bonds. The van der Waals surface area contributed by atoms with Crippen LogP contribution in [0.25, 0.3) is 10.1 Å². The monoisotopic (exact) mass is 427 g/mol. The first-order valence-electron chi connectivity index (χ1n) is 10.9. The van der Waals surface area contributed by atoms with E-state index in [1.54, 1.807) is 0 Å². The molecule has 31 heavy (non-hydrogen) atoms. The maximum absolute atomic E-state index is 6.53. The van der Waals surface area contributed by atoms with Crippen LogP contribution >= 0.6 is 11.3 Å². The van der Waals surface area contributed by atoms with Gasteiger partial charge in [-0.3, -0.25) is 4.90 Å². The number of aryl methyl sites for hydroxylation is 4. The lowest BCUT2D eigenvalue weighted by molar-refractivity contribution is 0.484. The fourth-order valence-electron chi connectivity index (χ4n) is 4.48. The molecule has 0 N–H and O–H groups in total. The summed E-state index contributed by atoms with van der Waals surface area (Å²) in [7, 11) is 0. The molecule has 158 valence electrons. The van der Waals surface area contributed by atoms with Gasteiger partial charge in [0.2, 0.25) is 0 Å². The summed E-state index contributed by atoms with van der Waals surface area (Å²) in [5.74, 6) is 1.89. The Balaban J connectivity index is 1.81. The molecule has 2 nitrogen and oxygen atoms in total. The fourth-order valence-corrected chi connectivity index (χ4v) is 5.73. The summed E-state index contributed by atoms with van der Waals surface area (Å²) < 4.78 is 7.79. The molecule has 0 saturated heterocycles. The number of hydrogen-bond donors (Lipinski definition) is 0. The standard InChI is InChI=1S/C28H29NOS/c1-16-9-11-22-23(12-16)30-26-21-10-8-17(2)13-24(21)31-27(26)29(22)25-18(3)14-20(15-19(25)4)28(5,6)7/h8-15H,1-7H3. The Kier molecular flexibility index (Phi) is 4.46. The third kappa shape index (κ3) is 3.23. The van der Waals surface area contributed by atoms with Crippen LogP contribution in [0.15, 0.2) is 48.5 Å². The lowest BCUT2D eigenvalue weighted by atomic mass is 9.84. The van der Waals surface area contributed by atoms with Crippen molar-refractivity contribution < 1.29 is 4.74 Å². The van der Waals surface area contributed by atoms with Crippen LogP contribution < -0.4 is 9.64 Å². The molecule has 0 aliphatic carbocycles. The number of thiophene rings is 1. The molecule has 0 radical (unpaired) electrons. The van der Waals surface area contributed by atoms with Gasteiger partial charge in [-0.05, 0) is 85.2 Å².